The fraction of sp³-hybridized carbons (Fsp3) is 0.435. The molecule has 2 aromatic rings. The molecule has 0 atom stereocenters. The van der Waals surface area contributed by atoms with Crippen molar-refractivity contribution in [3.8, 4) is 0 Å². The summed E-state index contributed by atoms with van der Waals surface area (Å²) in [5, 5.41) is 4.18. The molecule has 2 aromatic carbocycles. The summed E-state index contributed by atoms with van der Waals surface area (Å²) in [6, 6.07) is 13.6. The maximum atomic E-state index is 13.3. The highest BCUT2D eigenvalue weighted by Gasteiger charge is 2.26. The molecule has 0 heterocycles. The molecule has 4 nitrogen and oxygen atoms in total. The van der Waals surface area contributed by atoms with E-state index < -0.39 is 10.0 Å². The van der Waals surface area contributed by atoms with E-state index in [4.69, 9.17) is 0 Å². The van der Waals surface area contributed by atoms with Crippen LogP contribution in [-0.2, 0) is 10.0 Å². The molecule has 152 valence electrons. The Morgan fingerprint density at radius 1 is 0.857 bits per heavy atom. The van der Waals surface area contributed by atoms with E-state index >= 15 is 0 Å². The second-order valence-corrected chi connectivity index (χ2v) is 9.75. The van der Waals surface area contributed by atoms with Gasteiger partial charge in [-0.25, -0.2) is 0 Å². The highest BCUT2D eigenvalue weighted by atomic mass is 32.2. The van der Waals surface area contributed by atoms with E-state index in [0.717, 1.165) is 22.3 Å². The number of rotatable bonds is 7. The van der Waals surface area contributed by atoms with E-state index in [1.165, 1.54) is 0 Å². The third kappa shape index (κ3) is 5.02. The van der Waals surface area contributed by atoms with Crippen molar-refractivity contribution in [3.05, 3.63) is 64.7 Å². The van der Waals surface area contributed by atoms with Crippen LogP contribution in [0.15, 0.2) is 52.5 Å². The molecule has 1 N–H and O–H groups in total. The van der Waals surface area contributed by atoms with Gasteiger partial charge in [0.15, 0.2) is 0 Å². The van der Waals surface area contributed by atoms with Crippen LogP contribution >= 0.6 is 0 Å². The largest absolute Gasteiger partial charge is 0.277 e. The Morgan fingerprint density at radius 3 is 1.79 bits per heavy atom. The molecule has 0 aliphatic heterocycles. The Balaban J connectivity index is 2.57. The molecule has 0 spiro atoms. The molecular weight excluding hydrogens is 368 g/mol. The standard InChI is InChI=1S/C23H32N2O2S/c1-15(2)20-13-21(16(3)4)23(22(14-20)17(5)6)28(26,27)25-24-18(7)19-11-9-8-10-12-19/h8-17,25H,1-7H3. The zero-order chi connectivity index (χ0) is 21.1. The third-order valence-electron chi connectivity index (χ3n) is 4.87. The highest BCUT2D eigenvalue weighted by Crippen LogP contribution is 2.35. The third-order valence-corrected chi connectivity index (χ3v) is 6.21. The quantitative estimate of drug-likeness (QED) is 0.474. The molecule has 2 rings (SSSR count). The summed E-state index contributed by atoms with van der Waals surface area (Å²) < 4.78 is 26.6. The molecule has 5 heteroatoms. The summed E-state index contributed by atoms with van der Waals surface area (Å²) >= 11 is 0. The Labute approximate surface area is 170 Å². The van der Waals surface area contributed by atoms with Crippen molar-refractivity contribution in [3.63, 3.8) is 0 Å². The molecule has 0 aliphatic carbocycles. The van der Waals surface area contributed by atoms with Crippen LogP contribution in [0.5, 0.6) is 0 Å². The maximum Gasteiger partial charge on any atom is 0.277 e. The molecule has 0 saturated carbocycles. The zero-order valence-corrected chi connectivity index (χ0v) is 18.8. The number of hydrazone groups is 1. The van der Waals surface area contributed by atoms with Crippen LogP contribution in [0.25, 0.3) is 0 Å². The summed E-state index contributed by atoms with van der Waals surface area (Å²) in [6.45, 7) is 14.2. The van der Waals surface area contributed by atoms with Gasteiger partial charge in [0.2, 0.25) is 0 Å². The van der Waals surface area contributed by atoms with Gasteiger partial charge >= 0.3 is 0 Å². The van der Waals surface area contributed by atoms with Crippen LogP contribution in [0.2, 0.25) is 0 Å². The topological polar surface area (TPSA) is 58.5 Å². The number of nitrogens with one attached hydrogen (secondary N) is 1. The van der Waals surface area contributed by atoms with Crippen molar-refractivity contribution in [1.82, 2.24) is 4.83 Å². The lowest BCUT2D eigenvalue weighted by atomic mass is 9.89. The van der Waals surface area contributed by atoms with Gasteiger partial charge in [-0.2, -0.15) is 18.4 Å². The first-order valence-electron chi connectivity index (χ1n) is 9.83. The first-order valence-corrected chi connectivity index (χ1v) is 11.3. The van der Waals surface area contributed by atoms with Crippen LogP contribution in [0.3, 0.4) is 0 Å². The average Bonchev–Trinajstić information content (AvgIpc) is 2.65. The molecule has 28 heavy (non-hydrogen) atoms. The Morgan fingerprint density at radius 2 is 1.36 bits per heavy atom. The minimum atomic E-state index is -3.79. The van der Waals surface area contributed by atoms with Crippen LogP contribution in [0.1, 0.15) is 88.5 Å². The fourth-order valence-corrected chi connectivity index (χ4v) is 4.68. The van der Waals surface area contributed by atoms with Gasteiger partial charge in [0.25, 0.3) is 10.0 Å². The Bertz CT molecular complexity index is 915. The summed E-state index contributed by atoms with van der Waals surface area (Å²) in [4.78, 5) is 2.84. The van der Waals surface area contributed by atoms with Gasteiger partial charge in [0, 0.05) is 0 Å². The lowest BCUT2D eigenvalue weighted by Crippen LogP contribution is -2.24. The molecule has 0 saturated heterocycles. The minimum absolute atomic E-state index is 0.0852. The van der Waals surface area contributed by atoms with E-state index in [-0.39, 0.29) is 11.8 Å². The van der Waals surface area contributed by atoms with Crippen LogP contribution in [-0.4, -0.2) is 14.1 Å². The minimum Gasteiger partial charge on any atom is -0.200 e. The Hall–Kier alpha value is -2.14. The summed E-state index contributed by atoms with van der Waals surface area (Å²) in [6.07, 6.45) is 0. The highest BCUT2D eigenvalue weighted by molar-refractivity contribution is 7.89. The summed E-state index contributed by atoms with van der Waals surface area (Å²) in [5.41, 5.74) is 4.36. The second-order valence-electron chi connectivity index (χ2n) is 8.15. The molecule has 0 radical (unpaired) electrons. The van der Waals surface area contributed by atoms with Gasteiger partial charge in [-0.1, -0.05) is 84.0 Å². The molecule has 0 amide bonds. The second kappa shape index (κ2) is 8.91. The first kappa shape index (κ1) is 22.2. The predicted octanol–water partition coefficient (Wildman–Crippen LogP) is 5.76. The molecule has 0 fully saturated rings. The van der Waals surface area contributed by atoms with Crippen molar-refractivity contribution in [2.45, 2.75) is 71.1 Å². The van der Waals surface area contributed by atoms with E-state index in [9.17, 15) is 8.42 Å². The van der Waals surface area contributed by atoms with E-state index in [1.54, 1.807) is 6.92 Å². The van der Waals surface area contributed by atoms with Crippen molar-refractivity contribution in [2.24, 2.45) is 5.10 Å². The number of nitrogens with zero attached hydrogens (tertiary/aromatic N) is 1. The molecular formula is C23H32N2O2S. The van der Waals surface area contributed by atoms with Crippen LogP contribution in [0, 0.1) is 0 Å². The normalized spacial score (nSPS) is 12.9. The SMILES string of the molecule is CC(=NNS(=O)(=O)c1c(C(C)C)cc(C(C)C)cc1C(C)C)c1ccccc1. The van der Waals surface area contributed by atoms with E-state index in [2.05, 4.69) is 23.8 Å². The van der Waals surface area contributed by atoms with Crippen LogP contribution in [0.4, 0.5) is 0 Å². The first-order chi connectivity index (χ1) is 13.0. The predicted molar refractivity (Wildman–Crippen MR) is 118 cm³/mol. The van der Waals surface area contributed by atoms with E-state index in [1.807, 2.05) is 70.2 Å². The lowest BCUT2D eigenvalue weighted by molar-refractivity contribution is 0.579. The van der Waals surface area contributed by atoms with Crippen molar-refractivity contribution in [2.75, 3.05) is 0 Å². The van der Waals surface area contributed by atoms with Gasteiger partial charge in [-0.3, -0.25) is 0 Å². The van der Waals surface area contributed by atoms with Gasteiger partial charge in [0.05, 0.1) is 10.6 Å². The molecule has 0 aliphatic rings. The molecule has 0 unspecified atom stereocenters. The average molecular weight is 401 g/mol. The van der Waals surface area contributed by atoms with Gasteiger partial charge < -0.3 is 0 Å². The molecule has 0 bridgehead atoms. The van der Waals surface area contributed by atoms with Gasteiger partial charge in [-0.15, -0.1) is 0 Å². The zero-order valence-electron chi connectivity index (χ0n) is 17.9. The van der Waals surface area contributed by atoms with Crippen molar-refractivity contribution < 1.29 is 8.42 Å². The summed E-state index contributed by atoms with van der Waals surface area (Å²) in [7, 11) is -3.79. The number of sulfonamides is 1. The molecule has 0 aromatic heterocycles. The fourth-order valence-electron chi connectivity index (χ4n) is 3.12. The van der Waals surface area contributed by atoms with E-state index in [0.29, 0.717) is 16.5 Å². The van der Waals surface area contributed by atoms with Gasteiger partial charge in [-0.05, 0) is 46.9 Å². The number of benzene rings is 2. The van der Waals surface area contributed by atoms with Crippen molar-refractivity contribution in [1.29, 1.82) is 0 Å². The monoisotopic (exact) mass is 400 g/mol. The Kier molecular flexibility index (Phi) is 7.05. The smallest absolute Gasteiger partial charge is 0.200 e. The number of hydrogen-bond acceptors (Lipinski definition) is 3. The lowest BCUT2D eigenvalue weighted by Gasteiger charge is -2.22. The van der Waals surface area contributed by atoms with Gasteiger partial charge in [0.1, 0.15) is 0 Å². The number of hydrogen-bond donors (Lipinski definition) is 1. The van der Waals surface area contributed by atoms with Crippen LogP contribution < -0.4 is 4.83 Å². The maximum absolute atomic E-state index is 13.3. The van der Waals surface area contributed by atoms with Crippen molar-refractivity contribution >= 4 is 15.7 Å². The summed E-state index contributed by atoms with van der Waals surface area (Å²) in [5.74, 6) is 0.502.